The number of pyridine rings is 2. The summed E-state index contributed by atoms with van der Waals surface area (Å²) in [4.78, 5) is 21.5. The Hall–Kier alpha value is -3.44. The highest BCUT2D eigenvalue weighted by molar-refractivity contribution is 6.30. The Bertz CT molecular complexity index is 1180. The number of halogens is 1. The molecule has 5 nitrogen and oxygen atoms in total. The molecule has 1 amide bonds. The maximum atomic E-state index is 13.0. The first-order chi connectivity index (χ1) is 14.6. The van der Waals surface area contributed by atoms with Gasteiger partial charge in [0.1, 0.15) is 17.5 Å². The Morgan fingerprint density at radius 3 is 2.73 bits per heavy atom. The van der Waals surface area contributed by atoms with Gasteiger partial charge in [-0.1, -0.05) is 48.0 Å². The lowest BCUT2D eigenvalue weighted by Gasteiger charge is -2.16. The number of benzene rings is 2. The molecule has 1 unspecified atom stereocenters. The maximum Gasteiger partial charge on any atom is 0.252 e. The van der Waals surface area contributed by atoms with Gasteiger partial charge in [-0.2, -0.15) is 0 Å². The van der Waals surface area contributed by atoms with Gasteiger partial charge in [-0.3, -0.25) is 9.78 Å². The number of carbonyl (C=O) groups excluding carboxylic acids is 1. The summed E-state index contributed by atoms with van der Waals surface area (Å²) < 4.78 is 5.84. The molecule has 0 spiro atoms. The monoisotopic (exact) mass is 417 g/mol. The van der Waals surface area contributed by atoms with Gasteiger partial charge in [-0.25, -0.2) is 4.98 Å². The van der Waals surface area contributed by atoms with Gasteiger partial charge in [0, 0.05) is 11.6 Å². The fourth-order valence-electron chi connectivity index (χ4n) is 3.20. The molecule has 30 heavy (non-hydrogen) atoms. The number of aromatic nitrogens is 2. The van der Waals surface area contributed by atoms with Gasteiger partial charge in [0.2, 0.25) is 0 Å². The molecule has 0 fully saturated rings. The normalized spacial score (nSPS) is 11.8. The Morgan fingerprint density at radius 2 is 1.90 bits per heavy atom. The summed E-state index contributed by atoms with van der Waals surface area (Å²) in [7, 11) is 0. The van der Waals surface area contributed by atoms with Crippen molar-refractivity contribution >= 4 is 28.4 Å². The fourth-order valence-corrected chi connectivity index (χ4v) is 3.40. The number of hydrogen-bond donors (Lipinski definition) is 1. The zero-order valence-electron chi connectivity index (χ0n) is 16.4. The zero-order chi connectivity index (χ0) is 20.9. The van der Waals surface area contributed by atoms with Crippen molar-refractivity contribution in [1.82, 2.24) is 15.3 Å². The topological polar surface area (TPSA) is 64.1 Å². The minimum Gasteiger partial charge on any atom is -0.487 e. The van der Waals surface area contributed by atoms with E-state index in [4.69, 9.17) is 16.3 Å². The number of amides is 1. The molecule has 4 rings (SSSR count). The minimum absolute atomic E-state index is 0.206. The molecule has 0 aliphatic rings. The first-order valence-electron chi connectivity index (χ1n) is 9.59. The molecule has 4 aromatic rings. The van der Waals surface area contributed by atoms with Gasteiger partial charge in [-0.05, 0) is 48.9 Å². The molecule has 0 aliphatic carbocycles. The zero-order valence-corrected chi connectivity index (χ0v) is 17.1. The second-order valence-electron chi connectivity index (χ2n) is 6.89. The van der Waals surface area contributed by atoms with Crippen molar-refractivity contribution in [2.75, 3.05) is 0 Å². The van der Waals surface area contributed by atoms with E-state index in [1.54, 1.807) is 12.3 Å². The number of rotatable bonds is 6. The summed E-state index contributed by atoms with van der Waals surface area (Å²) >= 11 is 6.11. The molecule has 2 aromatic carbocycles. The average molecular weight is 418 g/mol. The van der Waals surface area contributed by atoms with Crippen LogP contribution in [0.15, 0.2) is 79.0 Å². The molecule has 6 heteroatoms. The molecule has 0 radical (unpaired) electrons. The Kier molecular flexibility index (Phi) is 5.91. The molecule has 0 saturated heterocycles. The summed E-state index contributed by atoms with van der Waals surface area (Å²) in [6.07, 6.45) is 1.74. The molecule has 0 aliphatic heterocycles. The van der Waals surface area contributed by atoms with E-state index in [9.17, 15) is 4.79 Å². The van der Waals surface area contributed by atoms with Crippen LogP contribution in [0, 0.1) is 0 Å². The Morgan fingerprint density at radius 1 is 1.07 bits per heavy atom. The third kappa shape index (κ3) is 4.58. The van der Waals surface area contributed by atoms with E-state index in [2.05, 4.69) is 15.3 Å². The van der Waals surface area contributed by atoms with E-state index >= 15 is 0 Å². The maximum absolute atomic E-state index is 13.0. The van der Waals surface area contributed by atoms with Crippen LogP contribution in [-0.2, 0) is 6.61 Å². The van der Waals surface area contributed by atoms with Crippen molar-refractivity contribution in [3.63, 3.8) is 0 Å². The van der Waals surface area contributed by atoms with Crippen molar-refractivity contribution in [2.24, 2.45) is 0 Å². The first-order valence-corrected chi connectivity index (χ1v) is 9.97. The highest BCUT2D eigenvalue weighted by Gasteiger charge is 2.16. The van der Waals surface area contributed by atoms with Crippen LogP contribution in [0.2, 0.25) is 5.15 Å². The van der Waals surface area contributed by atoms with Crippen molar-refractivity contribution in [2.45, 2.75) is 19.6 Å². The molecule has 2 heterocycles. The smallest absolute Gasteiger partial charge is 0.252 e. The van der Waals surface area contributed by atoms with Crippen LogP contribution >= 0.6 is 11.6 Å². The number of hydrogen-bond acceptors (Lipinski definition) is 4. The van der Waals surface area contributed by atoms with E-state index in [1.165, 1.54) is 0 Å². The summed E-state index contributed by atoms with van der Waals surface area (Å²) in [5, 5.41) is 4.09. The molecule has 2 aromatic heterocycles. The summed E-state index contributed by atoms with van der Waals surface area (Å²) in [5.41, 5.74) is 2.98. The third-order valence-electron chi connectivity index (χ3n) is 4.75. The van der Waals surface area contributed by atoms with Gasteiger partial charge in [0.15, 0.2) is 0 Å². The lowest BCUT2D eigenvalue weighted by molar-refractivity contribution is 0.0941. The van der Waals surface area contributed by atoms with Crippen LogP contribution < -0.4 is 10.1 Å². The predicted molar refractivity (Wildman–Crippen MR) is 118 cm³/mol. The second kappa shape index (κ2) is 8.93. The lowest BCUT2D eigenvalue weighted by atomic mass is 10.1. The summed E-state index contributed by atoms with van der Waals surface area (Å²) in [5.74, 6) is 0.513. The van der Waals surface area contributed by atoms with Crippen LogP contribution in [0.3, 0.4) is 0 Å². The van der Waals surface area contributed by atoms with E-state index in [0.717, 1.165) is 22.4 Å². The summed E-state index contributed by atoms with van der Waals surface area (Å²) in [6.45, 7) is 2.31. The van der Waals surface area contributed by atoms with E-state index in [0.29, 0.717) is 17.7 Å². The van der Waals surface area contributed by atoms with E-state index in [-0.39, 0.29) is 17.1 Å². The number of para-hydroxylation sites is 1. The largest absolute Gasteiger partial charge is 0.487 e. The van der Waals surface area contributed by atoms with Gasteiger partial charge in [0.05, 0.1) is 22.8 Å². The molecule has 0 bridgehead atoms. The molecule has 150 valence electrons. The molecular formula is C24H20ClN3O2. The fraction of sp³-hybridized carbons (Fsp3) is 0.125. The van der Waals surface area contributed by atoms with E-state index < -0.39 is 0 Å². The predicted octanol–water partition coefficient (Wildman–Crippen LogP) is 5.35. The molecular weight excluding hydrogens is 398 g/mol. The van der Waals surface area contributed by atoms with Crippen molar-refractivity contribution < 1.29 is 9.53 Å². The lowest BCUT2D eigenvalue weighted by Crippen LogP contribution is -2.27. The van der Waals surface area contributed by atoms with Gasteiger partial charge in [-0.15, -0.1) is 0 Å². The minimum atomic E-state index is -0.221. The standard InChI is InChI=1S/C24H20ClN3O2/c1-16(17-7-6-9-19(13-17)30-15-18-8-4-5-12-26-18)27-24(29)21-14-23(25)28-22-11-3-2-10-20(21)22/h2-14,16H,15H2,1H3,(H,27,29). The van der Waals surface area contributed by atoms with Crippen LogP contribution in [0.1, 0.15) is 34.6 Å². The number of nitrogens with zero attached hydrogens (tertiary/aromatic N) is 2. The summed E-state index contributed by atoms with van der Waals surface area (Å²) in [6, 6.07) is 22.2. The quantitative estimate of drug-likeness (QED) is 0.429. The highest BCUT2D eigenvalue weighted by Crippen LogP contribution is 2.23. The van der Waals surface area contributed by atoms with Crippen LogP contribution in [-0.4, -0.2) is 15.9 Å². The third-order valence-corrected chi connectivity index (χ3v) is 4.94. The van der Waals surface area contributed by atoms with E-state index in [1.807, 2.05) is 73.7 Å². The second-order valence-corrected chi connectivity index (χ2v) is 7.27. The van der Waals surface area contributed by atoms with Gasteiger partial charge < -0.3 is 10.1 Å². The van der Waals surface area contributed by atoms with Crippen molar-refractivity contribution in [3.05, 3.63) is 101 Å². The van der Waals surface area contributed by atoms with Crippen LogP contribution in [0.5, 0.6) is 5.75 Å². The van der Waals surface area contributed by atoms with Crippen molar-refractivity contribution in [1.29, 1.82) is 0 Å². The SMILES string of the molecule is CC(NC(=O)c1cc(Cl)nc2ccccc12)c1cccc(OCc2ccccn2)c1. The first kappa shape index (κ1) is 19.9. The van der Waals surface area contributed by atoms with Gasteiger partial charge in [0.25, 0.3) is 5.91 Å². The Balaban J connectivity index is 1.49. The number of fused-ring (bicyclic) bond motifs is 1. The average Bonchev–Trinajstić information content (AvgIpc) is 2.78. The molecule has 0 saturated carbocycles. The number of ether oxygens (including phenoxy) is 1. The molecule has 1 atom stereocenters. The van der Waals surface area contributed by atoms with Crippen LogP contribution in [0.25, 0.3) is 10.9 Å². The number of nitrogens with one attached hydrogen (secondary N) is 1. The molecule has 1 N–H and O–H groups in total. The van der Waals surface area contributed by atoms with Gasteiger partial charge >= 0.3 is 0 Å². The number of carbonyl (C=O) groups is 1. The van der Waals surface area contributed by atoms with Crippen LogP contribution in [0.4, 0.5) is 0 Å². The highest BCUT2D eigenvalue weighted by atomic mass is 35.5. The Labute approximate surface area is 179 Å². The van der Waals surface area contributed by atoms with Crippen molar-refractivity contribution in [3.8, 4) is 5.75 Å².